The summed E-state index contributed by atoms with van der Waals surface area (Å²) < 4.78 is 1.87. The average Bonchev–Trinajstić information content (AvgIpc) is 3.35. The van der Waals surface area contributed by atoms with Crippen LogP contribution in [-0.4, -0.2) is 61.8 Å². The van der Waals surface area contributed by atoms with E-state index in [9.17, 15) is 4.79 Å². The number of aryl methyl sites for hydroxylation is 1. The number of benzene rings is 2. The Morgan fingerprint density at radius 2 is 1.80 bits per heavy atom. The number of nitrogens with one attached hydrogen (secondary N) is 1. The van der Waals surface area contributed by atoms with E-state index in [2.05, 4.69) is 45.4 Å². The summed E-state index contributed by atoms with van der Waals surface area (Å²) in [7, 11) is 0. The van der Waals surface area contributed by atoms with Crippen molar-refractivity contribution in [2.75, 3.05) is 31.5 Å². The molecular formula is C26H28N8O. The number of aromatic nitrogens is 4. The molecule has 3 heterocycles. The standard InChI is InChI=1S/C26H28N8O/c1-19-15-20(18-32-11-13-33(14-12-32)25(27)35)17-21(16-19)30-26-28-9-7-23(31-26)24-8-10-29-34(24)22-5-3-2-4-6-22/h2-10,15-17H,11-14,18H2,1H3,(H2,27,35)(H,28,30,31). The lowest BCUT2D eigenvalue weighted by Crippen LogP contribution is -2.50. The molecule has 1 saturated heterocycles. The van der Waals surface area contributed by atoms with Crippen LogP contribution in [0.4, 0.5) is 16.4 Å². The maximum absolute atomic E-state index is 11.4. The first-order chi connectivity index (χ1) is 17.0. The summed E-state index contributed by atoms with van der Waals surface area (Å²) in [5.74, 6) is 0.523. The molecular weight excluding hydrogens is 440 g/mol. The van der Waals surface area contributed by atoms with Crippen molar-refractivity contribution in [1.82, 2.24) is 29.5 Å². The second-order valence-electron chi connectivity index (χ2n) is 8.66. The fourth-order valence-electron chi connectivity index (χ4n) is 4.37. The number of para-hydroxylation sites is 1. The van der Waals surface area contributed by atoms with Crippen LogP contribution in [0.3, 0.4) is 0 Å². The zero-order valence-corrected chi connectivity index (χ0v) is 19.6. The lowest BCUT2D eigenvalue weighted by Gasteiger charge is -2.33. The lowest BCUT2D eigenvalue weighted by molar-refractivity contribution is 0.140. The number of nitrogens with zero attached hydrogens (tertiary/aromatic N) is 6. The van der Waals surface area contributed by atoms with Crippen LogP contribution in [0.5, 0.6) is 0 Å². The molecule has 2 amide bonds. The van der Waals surface area contributed by atoms with Crippen LogP contribution < -0.4 is 11.1 Å². The summed E-state index contributed by atoms with van der Waals surface area (Å²) in [4.78, 5) is 24.6. The Bertz CT molecular complexity index is 1310. The van der Waals surface area contributed by atoms with Crippen LogP contribution in [-0.2, 0) is 6.54 Å². The van der Waals surface area contributed by atoms with E-state index in [1.807, 2.05) is 47.1 Å². The van der Waals surface area contributed by atoms with Crippen molar-refractivity contribution < 1.29 is 4.79 Å². The normalized spacial score (nSPS) is 14.1. The Morgan fingerprint density at radius 1 is 1.00 bits per heavy atom. The van der Waals surface area contributed by atoms with Crippen molar-refractivity contribution in [2.45, 2.75) is 13.5 Å². The van der Waals surface area contributed by atoms with Gasteiger partial charge in [0, 0.05) is 44.6 Å². The maximum atomic E-state index is 11.4. The summed E-state index contributed by atoms with van der Waals surface area (Å²) in [5, 5.41) is 7.84. The van der Waals surface area contributed by atoms with Crippen molar-refractivity contribution in [1.29, 1.82) is 0 Å². The minimum absolute atomic E-state index is 0.347. The third kappa shape index (κ3) is 5.30. The minimum Gasteiger partial charge on any atom is -0.351 e. The molecule has 9 nitrogen and oxygen atoms in total. The summed E-state index contributed by atoms with van der Waals surface area (Å²) >= 11 is 0. The van der Waals surface area contributed by atoms with Gasteiger partial charge in [-0.15, -0.1) is 0 Å². The van der Waals surface area contributed by atoms with Crippen LogP contribution in [0, 0.1) is 6.92 Å². The highest BCUT2D eigenvalue weighted by molar-refractivity contribution is 5.72. The fraction of sp³-hybridized carbons (Fsp3) is 0.231. The number of carbonyl (C=O) groups is 1. The molecule has 1 fully saturated rings. The number of rotatable bonds is 6. The molecule has 4 aromatic rings. The molecule has 2 aromatic heterocycles. The molecule has 0 atom stereocenters. The van der Waals surface area contributed by atoms with E-state index < -0.39 is 0 Å². The molecule has 35 heavy (non-hydrogen) atoms. The molecule has 1 aliphatic rings. The van der Waals surface area contributed by atoms with Crippen LogP contribution in [0.2, 0.25) is 0 Å². The molecule has 1 aliphatic heterocycles. The molecule has 2 aromatic carbocycles. The molecule has 0 unspecified atom stereocenters. The zero-order valence-electron chi connectivity index (χ0n) is 19.6. The Balaban J connectivity index is 1.32. The van der Waals surface area contributed by atoms with Gasteiger partial charge in [-0.25, -0.2) is 19.4 Å². The van der Waals surface area contributed by atoms with E-state index in [-0.39, 0.29) is 6.03 Å². The molecule has 178 valence electrons. The van der Waals surface area contributed by atoms with Gasteiger partial charge in [-0.1, -0.05) is 24.3 Å². The third-order valence-corrected chi connectivity index (χ3v) is 6.04. The summed E-state index contributed by atoms with van der Waals surface area (Å²) in [6, 6.07) is 19.9. The Labute approximate surface area is 204 Å². The smallest absolute Gasteiger partial charge is 0.314 e. The highest BCUT2D eigenvalue weighted by Crippen LogP contribution is 2.23. The number of piperazine rings is 1. The maximum Gasteiger partial charge on any atom is 0.314 e. The number of hydrogen-bond acceptors (Lipinski definition) is 6. The van der Waals surface area contributed by atoms with Gasteiger partial charge in [0.2, 0.25) is 5.95 Å². The molecule has 0 aliphatic carbocycles. The molecule has 0 saturated carbocycles. The largest absolute Gasteiger partial charge is 0.351 e. The van der Waals surface area contributed by atoms with E-state index in [4.69, 9.17) is 10.7 Å². The second-order valence-corrected chi connectivity index (χ2v) is 8.66. The van der Waals surface area contributed by atoms with Crippen LogP contribution in [0.15, 0.2) is 73.1 Å². The molecule has 0 bridgehead atoms. The Hall–Kier alpha value is -4.24. The van der Waals surface area contributed by atoms with Crippen molar-refractivity contribution in [3.05, 3.63) is 84.2 Å². The van der Waals surface area contributed by atoms with Gasteiger partial charge in [-0.3, -0.25) is 4.90 Å². The van der Waals surface area contributed by atoms with E-state index >= 15 is 0 Å². The predicted molar refractivity (Wildman–Crippen MR) is 135 cm³/mol. The Morgan fingerprint density at radius 3 is 2.57 bits per heavy atom. The third-order valence-electron chi connectivity index (χ3n) is 6.04. The molecule has 0 radical (unpaired) electrons. The second kappa shape index (κ2) is 9.94. The van der Waals surface area contributed by atoms with Crippen LogP contribution in [0.1, 0.15) is 11.1 Å². The van der Waals surface area contributed by atoms with Gasteiger partial charge < -0.3 is 16.0 Å². The first kappa shape index (κ1) is 22.5. The zero-order chi connectivity index (χ0) is 24.2. The highest BCUT2D eigenvalue weighted by Gasteiger charge is 2.19. The minimum atomic E-state index is -0.347. The number of hydrogen-bond donors (Lipinski definition) is 2. The molecule has 0 spiro atoms. The van der Waals surface area contributed by atoms with Gasteiger partial charge in [0.25, 0.3) is 0 Å². The number of anilines is 2. The summed E-state index contributed by atoms with van der Waals surface area (Å²) in [6.45, 7) is 5.81. The first-order valence-electron chi connectivity index (χ1n) is 11.6. The number of nitrogens with two attached hydrogens (primary N) is 1. The van der Waals surface area contributed by atoms with Gasteiger partial charge in [-0.05, 0) is 54.4 Å². The molecule has 3 N–H and O–H groups in total. The first-order valence-corrected chi connectivity index (χ1v) is 11.6. The van der Waals surface area contributed by atoms with E-state index in [0.29, 0.717) is 19.0 Å². The average molecular weight is 469 g/mol. The van der Waals surface area contributed by atoms with Crippen molar-refractivity contribution >= 4 is 17.7 Å². The number of carbonyl (C=O) groups excluding carboxylic acids is 1. The fourth-order valence-corrected chi connectivity index (χ4v) is 4.37. The van der Waals surface area contributed by atoms with Gasteiger partial charge in [0.05, 0.1) is 23.3 Å². The monoisotopic (exact) mass is 468 g/mol. The van der Waals surface area contributed by atoms with Crippen molar-refractivity contribution in [3.8, 4) is 17.1 Å². The number of urea groups is 1. The lowest BCUT2D eigenvalue weighted by atomic mass is 10.1. The molecule has 9 heteroatoms. The van der Waals surface area contributed by atoms with E-state index in [0.717, 1.165) is 48.0 Å². The van der Waals surface area contributed by atoms with Gasteiger partial charge in [0.1, 0.15) is 0 Å². The van der Waals surface area contributed by atoms with E-state index in [1.54, 1.807) is 17.3 Å². The topological polar surface area (TPSA) is 105 Å². The molecule has 5 rings (SSSR count). The van der Waals surface area contributed by atoms with Crippen molar-refractivity contribution in [2.24, 2.45) is 5.73 Å². The SMILES string of the molecule is Cc1cc(CN2CCN(C(N)=O)CC2)cc(Nc2nccc(-c3ccnn3-c3ccccc3)n2)c1. The van der Waals surface area contributed by atoms with E-state index in [1.165, 1.54) is 5.56 Å². The van der Waals surface area contributed by atoms with Crippen molar-refractivity contribution in [3.63, 3.8) is 0 Å². The predicted octanol–water partition coefficient (Wildman–Crippen LogP) is 3.58. The quantitative estimate of drug-likeness (QED) is 0.448. The highest BCUT2D eigenvalue weighted by atomic mass is 16.2. The number of primary amides is 1. The summed E-state index contributed by atoms with van der Waals surface area (Å²) in [5.41, 5.74) is 11.3. The Kier molecular flexibility index (Phi) is 6.40. The van der Waals surface area contributed by atoms with Gasteiger partial charge in [-0.2, -0.15) is 5.10 Å². The van der Waals surface area contributed by atoms with Gasteiger partial charge in [0.15, 0.2) is 0 Å². The van der Waals surface area contributed by atoms with Crippen LogP contribution in [0.25, 0.3) is 17.1 Å². The van der Waals surface area contributed by atoms with Crippen LogP contribution >= 0.6 is 0 Å². The summed E-state index contributed by atoms with van der Waals surface area (Å²) in [6.07, 6.45) is 3.52. The van der Waals surface area contributed by atoms with Gasteiger partial charge >= 0.3 is 6.03 Å². The number of amides is 2.